The summed E-state index contributed by atoms with van der Waals surface area (Å²) >= 11 is 0. The highest BCUT2D eigenvalue weighted by atomic mass is 19.4. The molecule has 0 spiro atoms. The van der Waals surface area contributed by atoms with Crippen molar-refractivity contribution in [3.8, 4) is 0 Å². The predicted molar refractivity (Wildman–Crippen MR) is 80.1 cm³/mol. The lowest BCUT2D eigenvalue weighted by molar-refractivity contribution is -0.137. The first-order valence-electron chi connectivity index (χ1n) is 7.37. The van der Waals surface area contributed by atoms with Crippen LogP contribution in [0.1, 0.15) is 19.3 Å². The highest BCUT2D eigenvalue weighted by molar-refractivity contribution is 5.82. The SMILES string of the molecule is O=C(CNc1ccccc1N1CCCCC1)NCC(F)(F)F. The van der Waals surface area contributed by atoms with Crippen LogP contribution in [0, 0.1) is 0 Å². The molecule has 0 saturated carbocycles. The van der Waals surface area contributed by atoms with E-state index in [1.54, 1.807) is 0 Å². The summed E-state index contributed by atoms with van der Waals surface area (Å²) in [7, 11) is 0. The predicted octanol–water partition coefficient (Wildman–Crippen LogP) is 2.77. The molecule has 0 atom stereocenters. The fraction of sp³-hybridized carbons (Fsp3) is 0.533. The van der Waals surface area contributed by atoms with Gasteiger partial charge in [-0.25, -0.2) is 0 Å². The van der Waals surface area contributed by atoms with E-state index in [0.717, 1.165) is 37.3 Å². The Labute approximate surface area is 127 Å². The Morgan fingerprint density at radius 3 is 2.50 bits per heavy atom. The third kappa shape index (κ3) is 5.13. The summed E-state index contributed by atoms with van der Waals surface area (Å²) in [5.74, 6) is -0.675. The summed E-state index contributed by atoms with van der Waals surface area (Å²) in [5, 5.41) is 4.78. The van der Waals surface area contributed by atoms with Crippen LogP contribution in [-0.4, -0.2) is 38.3 Å². The van der Waals surface area contributed by atoms with E-state index in [0.29, 0.717) is 0 Å². The van der Waals surface area contributed by atoms with Crippen molar-refractivity contribution < 1.29 is 18.0 Å². The topological polar surface area (TPSA) is 44.4 Å². The van der Waals surface area contributed by atoms with E-state index in [9.17, 15) is 18.0 Å². The van der Waals surface area contributed by atoms with E-state index in [2.05, 4.69) is 10.2 Å². The van der Waals surface area contributed by atoms with Crippen molar-refractivity contribution in [3.63, 3.8) is 0 Å². The van der Waals surface area contributed by atoms with Crippen molar-refractivity contribution >= 4 is 17.3 Å². The zero-order chi connectivity index (χ0) is 16.0. The van der Waals surface area contributed by atoms with E-state index in [4.69, 9.17) is 0 Å². The third-order valence-electron chi connectivity index (χ3n) is 3.53. The molecule has 1 aliphatic rings. The monoisotopic (exact) mass is 315 g/mol. The van der Waals surface area contributed by atoms with E-state index in [1.165, 1.54) is 6.42 Å². The lowest BCUT2D eigenvalue weighted by Gasteiger charge is -2.30. The number of carbonyl (C=O) groups excluding carboxylic acids is 1. The summed E-state index contributed by atoms with van der Waals surface area (Å²) in [6.07, 6.45) is -0.923. The smallest absolute Gasteiger partial charge is 0.374 e. The van der Waals surface area contributed by atoms with Crippen molar-refractivity contribution in [3.05, 3.63) is 24.3 Å². The van der Waals surface area contributed by atoms with Gasteiger partial charge in [-0.3, -0.25) is 4.79 Å². The molecule has 122 valence electrons. The van der Waals surface area contributed by atoms with Crippen LogP contribution in [0.4, 0.5) is 24.5 Å². The second-order valence-electron chi connectivity index (χ2n) is 5.31. The number of rotatable bonds is 5. The largest absolute Gasteiger partial charge is 0.405 e. The molecule has 1 aliphatic heterocycles. The number of carbonyl (C=O) groups is 1. The molecule has 1 aromatic carbocycles. The second kappa shape index (κ2) is 7.38. The Bertz CT molecular complexity index is 499. The molecule has 2 rings (SSSR count). The van der Waals surface area contributed by atoms with Gasteiger partial charge in [-0.2, -0.15) is 13.2 Å². The summed E-state index contributed by atoms with van der Waals surface area (Å²) < 4.78 is 36.1. The molecule has 0 bridgehead atoms. The molecule has 7 heteroatoms. The highest BCUT2D eigenvalue weighted by Crippen LogP contribution is 2.27. The standard InChI is InChI=1S/C15H20F3N3O/c16-15(17,18)11-20-14(22)10-19-12-6-2-3-7-13(12)21-8-4-1-5-9-21/h2-3,6-7,19H,1,4-5,8-11H2,(H,20,22). The quantitative estimate of drug-likeness (QED) is 0.878. The fourth-order valence-electron chi connectivity index (χ4n) is 2.47. The van der Waals surface area contributed by atoms with Crippen LogP contribution in [-0.2, 0) is 4.79 Å². The van der Waals surface area contributed by atoms with Gasteiger partial charge >= 0.3 is 6.18 Å². The van der Waals surface area contributed by atoms with Crippen molar-refractivity contribution in [1.29, 1.82) is 0 Å². The number of halogens is 3. The van der Waals surface area contributed by atoms with Gasteiger partial charge in [-0.15, -0.1) is 0 Å². The van der Waals surface area contributed by atoms with Gasteiger partial charge in [0.2, 0.25) is 5.91 Å². The van der Waals surface area contributed by atoms with Gasteiger partial charge in [-0.1, -0.05) is 12.1 Å². The molecule has 1 heterocycles. The molecule has 0 aromatic heterocycles. The molecular weight excluding hydrogens is 295 g/mol. The summed E-state index contributed by atoms with van der Waals surface area (Å²) in [6, 6.07) is 7.55. The van der Waals surface area contributed by atoms with E-state index in [-0.39, 0.29) is 6.54 Å². The molecule has 1 saturated heterocycles. The summed E-state index contributed by atoms with van der Waals surface area (Å²) in [4.78, 5) is 13.7. The van der Waals surface area contributed by atoms with Gasteiger partial charge in [0, 0.05) is 13.1 Å². The van der Waals surface area contributed by atoms with Gasteiger partial charge in [0.1, 0.15) is 6.54 Å². The van der Waals surface area contributed by atoms with E-state index in [1.807, 2.05) is 29.6 Å². The Kier molecular flexibility index (Phi) is 5.51. The van der Waals surface area contributed by atoms with Gasteiger partial charge in [0.15, 0.2) is 0 Å². The number of hydrogen-bond acceptors (Lipinski definition) is 3. The maximum atomic E-state index is 12.0. The van der Waals surface area contributed by atoms with Gasteiger partial charge in [-0.05, 0) is 31.4 Å². The van der Waals surface area contributed by atoms with E-state index >= 15 is 0 Å². The van der Waals surface area contributed by atoms with Crippen LogP contribution in [0.2, 0.25) is 0 Å². The molecular formula is C15H20F3N3O. The van der Waals surface area contributed by atoms with Crippen LogP contribution in [0.25, 0.3) is 0 Å². The molecule has 1 fully saturated rings. The lowest BCUT2D eigenvalue weighted by atomic mass is 10.1. The average molecular weight is 315 g/mol. The van der Waals surface area contributed by atoms with Crippen molar-refractivity contribution in [1.82, 2.24) is 5.32 Å². The van der Waals surface area contributed by atoms with Crippen LogP contribution in [0.15, 0.2) is 24.3 Å². The van der Waals surface area contributed by atoms with E-state index < -0.39 is 18.6 Å². The first-order valence-corrected chi connectivity index (χ1v) is 7.37. The summed E-state index contributed by atoms with van der Waals surface area (Å²) in [6.45, 7) is 0.431. The average Bonchev–Trinajstić information content (AvgIpc) is 2.51. The minimum absolute atomic E-state index is 0.180. The number of hydrogen-bond donors (Lipinski definition) is 2. The normalized spacial score (nSPS) is 15.5. The van der Waals surface area contributed by atoms with Crippen LogP contribution in [0.3, 0.4) is 0 Å². The molecule has 0 aliphatic carbocycles. The summed E-state index contributed by atoms with van der Waals surface area (Å²) in [5.41, 5.74) is 1.76. The molecule has 22 heavy (non-hydrogen) atoms. The van der Waals surface area contributed by atoms with Crippen molar-refractivity contribution in [2.45, 2.75) is 25.4 Å². The Morgan fingerprint density at radius 1 is 1.14 bits per heavy atom. The zero-order valence-corrected chi connectivity index (χ0v) is 12.2. The number of alkyl halides is 3. The molecule has 0 radical (unpaired) electrons. The molecule has 1 amide bonds. The number of amides is 1. The minimum Gasteiger partial charge on any atom is -0.374 e. The fourth-order valence-corrected chi connectivity index (χ4v) is 2.47. The zero-order valence-electron chi connectivity index (χ0n) is 12.2. The molecule has 4 nitrogen and oxygen atoms in total. The maximum absolute atomic E-state index is 12.0. The number of benzene rings is 1. The Hall–Kier alpha value is -1.92. The Balaban J connectivity index is 1.91. The van der Waals surface area contributed by atoms with Gasteiger partial charge in [0.05, 0.1) is 17.9 Å². The lowest BCUT2D eigenvalue weighted by Crippen LogP contribution is -2.37. The van der Waals surface area contributed by atoms with Crippen LogP contribution < -0.4 is 15.5 Å². The molecule has 2 N–H and O–H groups in total. The van der Waals surface area contributed by atoms with Gasteiger partial charge in [0.25, 0.3) is 0 Å². The second-order valence-corrected chi connectivity index (χ2v) is 5.31. The van der Waals surface area contributed by atoms with Crippen LogP contribution in [0.5, 0.6) is 0 Å². The minimum atomic E-state index is -4.39. The van der Waals surface area contributed by atoms with Crippen LogP contribution >= 0.6 is 0 Å². The number of anilines is 2. The number of nitrogens with zero attached hydrogens (tertiary/aromatic N) is 1. The number of para-hydroxylation sites is 2. The molecule has 0 unspecified atom stereocenters. The maximum Gasteiger partial charge on any atom is 0.405 e. The Morgan fingerprint density at radius 2 is 1.82 bits per heavy atom. The number of piperidine rings is 1. The van der Waals surface area contributed by atoms with Crippen molar-refractivity contribution in [2.75, 3.05) is 36.4 Å². The molecule has 1 aromatic rings. The third-order valence-corrected chi connectivity index (χ3v) is 3.53. The first-order chi connectivity index (χ1) is 10.5. The first kappa shape index (κ1) is 16.5. The number of nitrogens with one attached hydrogen (secondary N) is 2. The van der Waals surface area contributed by atoms with Gasteiger partial charge < -0.3 is 15.5 Å². The van der Waals surface area contributed by atoms with Crippen molar-refractivity contribution in [2.24, 2.45) is 0 Å². The highest BCUT2D eigenvalue weighted by Gasteiger charge is 2.27.